The van der Waals surface area contributed by atoms with E-state index < -0.39 is 0 Å². The fourth-order valence-electron chi connectivity index (χ4n) is 2.53. The van der Waals surface area contributed by atoms with Gasteiger partial charge in [0.2, 0.25) is 5.91 Å². The van der Waals surface area contributed by atoms with E-state index in [0.29, 0.717) is 0 Å². The fourth-order valence-corrected chi connectivity index (χ4v) is 2.53. The van der Waals surface area contributed by atoms with Gasteiger partial charge in [-0.15, -0.1) is 0 Å². The maximum absolute atomic E-state index is 12.2. The number of hydrogen-bond donors (Lipinski definition) is 2. The molecule has 1 aromatic carbocycles. The molecule has 1 aliphatic rings. The van der Waals surface area contributed by atoms with Crippen molar-refractivity contribution in [3.63, 3.8) is 0 Å². The molecule has 1 aliphatic heterocycles. The molecule has 2 N–H and O–H groups in total. The molecule has 0 bridgehead atoms. The summed E-state index contributed by atoms with van der Waals surface area (Å²) in [5.74, 6) is 0.921. The fraction of sp³-hybridized carbons (Fsp3) is 0.533. The van der Waals surface area contributed by atoms with E-state index in [0.717, 1.165) is 37.1 Å². The molecule has 4 heteroatoms. The number of benzene rings is 1. The molecule has 4 nitrogen and oxygen atoms in total. The molecule has 2 rings (SSSR count). The van der Waals surface area contributed by atoms with Gasteiger partial charge < -0.3 is 15.4 Å². The summed E-state index contributed by atoms with van der Waals surface area (Å²) >= 11 is 0. The molecule has 0 aliphatic carbocycles. The molecule has 1 heterocycles. The Hall–Kier alpha value is -1.55. The molecule has 0 spiro atoms. The minimum Gasteiger partial charge on any atom is -0.496 e. The highest BCUT2D eigenvalue weighted by atomic mass is 16.5. The number of nitrogens with one attached hydrogen (secondary N) is 2. The first-order chi connectivity index (χ1) is 9.26. The van der Waals surface area contributed by atoms with Gasteiger partial charge in [0, 0.05) is 5.56 Å². The molecule has 19 heavy (non-hydrogen) atoms. The van der Waals surface area contributed by atoms with Crippen molar-refractivity contribution in [3.8, 4) is 5.75 Å². The Morgan fingerprint density at radius 1 is 1.53 bits per heavy atom. The predicted molar refractivity (Wildman–Crippen MR) is 75.2 cm³/mol. The quantitative estimate of drug-likeness (QED) is 0.853. The van der Waals surface area contributed by atoms with Crippen molar-refractivity contribution >= 4 is 5.91 Å². The van der Waals surface area contributed by atoms with Crippen molar-refractivity contribution in [1.82, 2.24) is 10.6 Å². The molecule has 1 aromatic rings. The summed E-state index contributed by atoms with van der Waals surface area (Å²) in [4.78, 5) is 12.2. The molecule has 1 saturated heterocycles. The Morgan fingerprint density at radius 3 is 2.95 bits per heavy atom. The van der Waals surface area contributed by atoms with Crippen LogP contribution >= 0.6 is 0 Å². The van der Waals surface area contributed by atoms with Gasteiger partial charge in [-0.1, -0.05) is 25.1 Å². The van der Waals surface area contributed by atoms with Gasteiger partial charge in [-0.05, 0) is 31.9 Å². The number of amides is 1. The Labute approximate surface area is 114 Å². The van der Waals surface area contributed by atoms with Gasteiger partial charge in [-0.25, -0.2) is 0 Å². The largest absolute Gasteiger partial charge is 0.496 e. The molecule has 1 amide bonds. The van der Waals surface area contributed by atoms with E-state index in [2.05, 4.69) is 17.6 Å². The molecular formula is C15H22N2O2. The predicted octanol–water partition coefficient (Wildman–Crippen LogP) is 2.01. The van der Waals surface area contributed by atoms with Crippen molar-refractivity contribution in [2.24, 2.45) is 0 Å². The number of para-hydroxylation sites is 1. The van der Waals surface area contributed by atoms with E-state index >= 15 is 0 Å². The monoisotopic (exact) mass is 262 g/mol. The Bertz CT molecular complexity index is 428. The molecule has 104 valence electrons. The van der Waals surface area contributed by atoms with E-state index in [1.54, 1.807) is 7.11 Å². The van der Waals surface area contributed by atoms with Crippen LogP contribution < -0.4 is 15.4 Å². The van der Waals surface area contributed by atoms with E-state index in [4.69, 9.17) is 4.74 Å². The van der Waals surface area contributed by atoms with Crippen LogP contribution in [-0.4, -0.2) is 25.6 Å². The third-order valence-electron chi connectivity index (χ3n) is 3.62. The number of carbonyl (C=O) groups is 1. The second-order valence-electron chi connectivity index (χ2n) is 4.86. The van der Waals surface area contributed by atoms with Crippen LogP contribution in [0.15, 0.2) is 24.3 Å². The van der Waals surface area contributed by atoms with Crippen LogP contribution in [0.3, 0.4) is 0 Å². The van der Waals surface area contributed by atoms with Crippen LogP contribution in [0, 0.1) is 0 Å². The van der Waals surface area contributed by atoms with E-state index in [-0.39, 0.29) is 18.0 Å². The van der Waals surface area contributed by atoms with Crippen molar-refractivity contribution < 1.29 is 9.53 Å². The van der Waals surface area contributed by atoms with E-state index in [1.807, 2.05) is 24.3 Å². The summed E-state index contributed by atoms with van der Waals surface area (Å²) in [7, 11) is 1.66. The molecule has 1 unspecified atom stereocenters. The van der Waals surface area contributed by atoms with Gasteiger partial charge >= 0.3 is 0 Å². The SMILES string of the molecule is CCC(NC(=O)[C@H]1CCCN1)c1ccccc1OC. The van der Waals surface area contributed by atoms with Crippen LogP contribution in [0.1, 0.15) is 37.8 Å². The summed E-state index contributed by atoms with van der Waals surface area (Å²) in [5, 5.41) is 6.34. The summed E-state index contributed by atoms with van der Waals surface area (Å²) in [6.45, 7) is 3.00. The number of ether oxygens (including phenoxy) is 1. The molecule has 1 fully saturated rings. The highest BCUT2D eigenvalue weighted by molar-refractivity contribution is 5.82. The number of rotatable bonds is 5. The summed E-state index contributed by atoms with van der Waals surface area (Å²) < 4.78 is 5.37. The van der Waals surface area contributed by atoms with E-state index in [1.165, 1.54) is 0 Å². The minimum atomic E-state index is -0.0382. The smallest absolute Gasteiger partial charge is 0.237 e. The second kappa shape index (κ2) is 6.57. The summed E-state index contributed by atoms with van der Waals surface area (Å²) in [6, 6.07) is 7.82. The van der Waals surface area contributed by atoms with E-state index in [9.17, 15) is 4.79 Å². The molecule has 2 atom stereocenters. The summed E-state index contributed by atoms with van der Waals surface area (Å²) in [5.41, 5.74) is 1.04. The molecule has 0 saturated carbocycles. The van der Waals surface area contributed by atoms with Gasteiger partial charge in [0.15, 0.2) is 0 Å². The maximum Gasteiger partial charge on any atom is 0.237 e. The van der Waals surface area contributed by atoms with Crippen LogP contribution in [-0.2, 0) is 4.79 Å². The summed E-state index contributed by atoms with van der Waals surface area (Å²) in [6.07, 6.45) is 2.84. The zero-order valence-corrected chi connectivity index (χ0v) is 11.6. The van der Waals surface area contributed by atoms with Gasteiger partial charge in [0.05, 0.1) is 19.2 Å². The van der Waals surface area contributed by atoms with Gasteiger partial charge in [-0.3, -0.25) is 4.79 Å². The first-order valence-electron chi connectivity index (χ1n) is 6.93. The topological polar surface area (TPSA) is 50.4 Å². The van der Waals surface area contributed by atoms with Gasteiger partial charge in [0.25, 0.3) is 0 Å². The lowest BCUT2D eigenvalue weighted by atomic mass is 10.0. The molecular weight excluding hydrogens is 240 g/mol. The lowest BCUT2D eigenvalue weighted by molar-refractivity contribution is -0.123. The van der Waals surface area contributed by atoms with Gasteiger partial charge in [0.1, 0.15) is 5.75 Å². The molecule has 0 radical (unpaired) electrons. The normalized spacial score (nSPS) is 20.0. The van der Waals surface area contributed by atoms with Crippen molar-refractivity contribution in [2.45, 2.75) is 38.3 Å². The Morgan fingerprint density at radius 2 is 2.32 bits per heavy atom. The van der Waals surface area contributed by atoms with Crippen LogP contribution in [0.4, 0.5) is 0 Å². The first-order valence-corrected chi connectivity index (χ1v) is 6.93. The zero-order chi connectivity index (χ0) is 13.7. The average Bonchev–Trinajstić information content (AvgIpc) is 2.98. The highest BCUT2D eigenvalue weighted by Gasteiger charge is 2.25. The lowest BCUT2D eigenvalue weighted by Gasteiger charge is -2.21. The highest BCUT2D eigenvalue weighted by Crippen LogP contribution is 2.27. The van der Waals surface area contributed by atoms with Crippen molar-refractivity contribution in [2.75, 3.05) is 13.7 Å². The lowest BCUT2D eigenvalue weighted by Crippen LogP contribution is -2.42. The van der Waals surface area contributed by atoms with Gasteiger partial charge in [-0.2, -0.15) is 0 Å². The minimum absolute atomic E-state index is 0.00560. The first kappa shape index (κ1) is 13.9. The third-order valence-corrected chi connectivity index (χ3v) is 3.62. The van der Waals surface area contributed by atoms with Crippen LogP contribution in [0.25, 0.3) is 0 Å². The van der Waals surface area contributed by atoms with Crippen molar-refractivity contribution in [1.29, 1.82) is 0 Å². The third kappa shape index (κ3) is 3.26. The molecule has 0 aromatic heterocycles. The zero-order valence-electron chi connectivity index (χ0n) is 11.6. The maximum atomic E-state index is 12.2. The standard InChI is InChI=1S/C15H22N2O2/c1-3-12(11-7-4-5-9-14(11)19-2)17-15(18)13-8-6-10-16-13/h4-5,7,9,12-13,16H,3,6,8,10H2,1-2H3,(H,17,18)/t12?,13-/m1/s1. The number of carbonyl (C=O) groups excluding carboxylic acids is 1. The average molecular weight is 262 g/mol. The Balaban J connectivity index is 2.08. The second-order valence-corrected chi connectivity index (χ2v) is 4.86. The van der Waals surface area contributed by atoms with Crippen LogP contribution in [0.5, 0.6) is 5.75 Å². The number of methoxy groups -OCH3 is 1. The number of hydrogen-bond acceptors (Lipinski definition) is 3. The van der Waals surface area contributed by atoms with Crippen molar-refractivity contribution in [3.05, 3.63) is 29.8 Å². The van der Waals surface area contributed by atoms with Crippen LogP contribution in [0.2, 0.25) is 0 Å². The Kier molecular flexibility index (Phi) is 4.80.